The molecule has 1 saturated carbocycles. The van der Waals surface area contributed by atoms with Gasteiger partial charge in [0.1, 0.15) is 0 Å². The van der Waals surface area contributed by atoms with Crippen LogP contribution in [0.1, 0.15) is 33.6 Å². The third-order valence-electron chi connectivity index (χ3n) is 6.01. The summed E-state index contributed by atoms with van der Waals surface area (Å²) in [6, 6.07) is 22.0. The van der Waals surface area contributed by atoms with E-state index in [-0.39, 0.29) is 5.04 Å². The van der Waals surface area contributed by atoms with E-state index in [0.717, 1.165) is 0 Å². The molecule has 0 spiro atoms. The third kappa shape index (κ3) is 2.72. The summed E-state index contributed by atoms with van der Waals surface area (Å²) in [5, 5.41) is 2.84. The highest BCUT2D eigenvalue weighted by Gasteiger charge is 2.54. The van der Waals surface area contributed by atoms with Crippen molar-refractivity contribution in [1.82, 2.24) is 0 Å². The van der Waals surface area contributed by atoms with Crippen molar-refractivity contribution >= 4 is 18.7 Å². The van der Waals surface area contributed by atoms with Crippen molar-refractivity contribution in [2.24, 2.45) is 11.8 Å². The summed E-state index contributed by atoms with van der Waals surface area (Å²) in [7, 11) is -2.40. The first-order valence-electron chi connectivity index (χ1n) is 9.49. The van der Waals surface area contributed by atoms with Crippen LogP contribution in [0, 0.1) is 11.8 Å². The maximum atomic E-state index is 7.30. The molecule has 0 saturated heterocycles. The van der Waals surface area contributed by atoms with Crippen molar-refractivity contribution in [3.63, 3.8) is 0 Å². The van der Waals surface area contributed by atoms with E-state index in [2.05, 4.69) is 93.6 Å². The van der Waals surface area contributed by atoms with Gasteiger partial charge in [-0.3, -0.25) is 0 Å². The Morgan fingerprint density at radius 2 is 1.20 bits per heavy atom. The number of hydrogen-bond acceptors (Lipinski definition) is 1. The van der Waals surface area contributed by atoms with Crippen LogP contribution < -0.4 is 10.4 Å². The molecule has 0 aromatic heterocycles. The van der Waals surface area contributed by atoms with Crippen molar-refractivity contribution in [2.45, 2.75) is 44.8 Å². The van der Waals surface area contributed by atoms with Gasteiger partial charge in [-0.05, 0) is 28.3 Å². The molecule has 0 N–H and O–H groups in total. The van der Waals surface area contributed by atoms with E-state index in [0.29, 0.717) is 17.9 Å². The molecule has 2 aliphatic carbocycles. The maximum Gasteiger partial charge on any atom is 0.261 e. The smallest absolute Gasteiger partial charge is 0.261 e. The average Bonchev–Trinajstić information content (AvgIpc) is 3.19. The van der Waals surface area contributed by atoms with Gasteiger partial charge in [0.15, 0.2) is 0 Å². The van der Waals surface area contributed by atoms with E-state index in [1.165, 1.54) is 23.2 Å². The van der Waals surface area contributed by atoms with Crippen molar-refractivity contribution in [3.8, 4) is 0 Å². The lowest BCUT2D eigenvalue weighted by Crippen LogP contribution is -2.68. The molecule has 130 valence electrons. The van der Waals surface area contributed by atoms with E-state index in [1.54, 1.807) is 0 Å². The fraction of sp³-hybridized carbons (Fsp3) is 0.391. The Morgan fingerprint density at radius 3 is 1.56 bits per heavy atom. The van der Waals surface area contributed by atoms with Gasteiger partial charge >= 0.3 is 0 Å². The number of rotatable bonds is 4. The highest BCUT2D eigenvalue weighted by Crippen LogP contribution is 2.46. The summed E-state index contributed by atoms with van der Waals surface area (Å²) in [6.45, 7) is 7.09. The zero-order chi connectivity index (χ0) is 17.5. The SMILES string of the molecule is CC(C)(C)[Si](OC1C2C=CC1CC2)(c1ccccc1)c1ccccc1. The Morgan fingerprint density at radius 1 is 0.760 bits per heavy atom. The van der Waals surface area contributed by atoms with E-state index >= 15 is 0 Å². The molecule has 0 radical (unpaired) electrons. The molecule has 2 aliphatic rings. The quantitative estimate of drug-likeness (QED) is 0.583. The minimum atomic E-state index is -2.40. The second-order valence-electron chi connectivity index (χ2n) is 8.54. The van der Waals surface area contributed by atoms with Crippen LogP contribution in [-0.2, 0) is 4.43 Å². The normalized spacial score (nSPS) is 25.5. The molecule has 1 fully saturated rings. The molecule has 2 aromatic carbocycles. The molecule has 1 nitrogen and oxygen atoms in total. The van der Waals surface area contributed by atoms with E-state index in [1.807, 2.05) is 0 Å². The predicted molar refractivity (Wildman–Crippen MR) is 108 cm³/mol. The monoisotopic (exact) mass is 348 g/mol. The lowest BCUT2D eigenvalue weighted by Gasteiger charge is -2.45. The molecule has 2 aromatic rings. The van der Waals surface area contributed by atoms with Gasteiger partial charge < -0.3 is 4.43 Å². The van der Waals surface area contributed by atoms with Crippen LogP contribution in [0.5, 0.6) is 0 Å². The largest absolute Gasteiger partial charge is 0.403 e. The second-order valence-corrected chi connectivity index (χ2v) is 12.8. The zero-order valence-corrected chi connectivity index (χ0v) is 16.5. The Labute approximate surface area is 152 Å². The fourth-order valence-electron chi connectivity index (χ4n) is 4.80. The lowest BCUT2D eigenvalue weighted by atomic mass is 10.1. The first-order valence-corrected chi connectivity index (χ1v) is 11.4. The van der Waals surface area contributed by atoms with E-state index < -0.39 is 8.32 Å². The second kappa shape index (κ2) is 6.26. The summed E-state index contributed by atoms with van der Waals surface area (Å²) in [5.74, 6) is 1.21. The lowest BCUT2D eigenvalue weighted by molar-refractivity contribution is 0.151. The topological polar surface area (TPSA) is 9.23 Å². The first-order chi connectivity index (χ1) is 12.0. The molecule has 2 heteroatoms. The van der Waals surface area contributed by atoms with Crippen LogP contribution in [0.15, 0.2) is 72.8 Å². The molecule has 0 aliphatic heterocycles. The van der Waals surface area contributed by atoms with Crippen molar-refractivity contribution < 1.29 is 4.43 Å². The third-order valence-corrected chi connectivity index (χ3v) is 11.0. The van der Waals surface area contributed by atoms with Crippen LogP contribution in [0.2, 0.25) is 5.04 Å². The van der Waals surface area contributed by atoms with Crippen LogP contribution >= 0.6 is 0 Å². The Hall–Kier alpha value is -1.64. The molecule has 2 unspecified atom stereocenters. The van der Waals surface area contributed by atoms with Gasteiger partial charge in [-0.15, -0.1) is 0 Å². The van der Waals surface area contributed by atoms with Crippen LogP contribution in [0.25, 0.3) is 0 Å². The van der Waals surface area contributed by atoms with Gasteiger partial charge in [-0.25, -0.2) is 0 Å². The van der Waals surface area contributed by atoms with Crippen molar-refractivity contribution in [2.75, 3.05) is 0 Å². The average molecular weight is 349 g/mol. The van der Waals surface area contributed by atoms with Gasteiger partial charge in [0, 0.05) is 11.8 Å². The maximum absolute atomic E-state index is 7.30. The molecule has 0 amide bonds. The number of fused-ring (bicyclic) bond motifs is 2. The van der Waals surface area contributed by atoms with Gasteiger partial charge in [0.2, 0.25) is 0 Å². The standard InChI is InChI=1S/C23H28OSi/c1-23(2,3)25(20-10-6-4-7-11-20,21-12-8-5-9-13-21)24-22-18-14-15-19(22)17-16-18/h4-15,18-19,22H,16-17H2,1-3H3. The molecule has 0 heterocycles. The molecule has 2 bridgehead atoms. The van der Waals surface area contributed by atoms with Gasteiger partial charge in [0.25, 0.3) is 8.32 Å². The minimum absolute atomic E-state index is 0.0672. The minimum Gasteiger partial charge on any atom is -0.403 e. The molecular formula is C23H28OSi. The van der Waals surface area contributed by atoms with Crippen LogP contribution in [0.3, 0.4) is 0 Å². The highest BCUT2D eigenvalue weighted by molar-refractivity contribution is 6.99. The summed E-state index contributed by atoms with van der Waals surface area (Å²) < 4.78 is 7.30. The van der Waals surface area contributed by atoms with Crippen LogP contribution in [0.4, 0.5) is 0 Å². The molecule has 2 atom stereocenters. The Bertz CT molecular complexity index is 691. The van der Waals surface area contributed by atoms with Gasteiger partial charge in [0.05, 0.1) is 6.10 Å². The number of hydrogen-bond donors (Lipinski definition) is 0. The fourth-order valence-corrected chi connectivity index (χ4v) is 9.57. The van der Waals surface area contributed by atoms with Gasteiger partial charge in [-0.1, -0.05) is 93.6 Å². The molecule has 4 rings (SSSR count). The molecular weight excluding hydrogens is 320 g/mol. The Kier molecular flexibility index (Phi) is 4.21. The summed E-state index contributed by atoms with van der Waals surface area (Å²) in [4.78, 5) is 0. The highest BCUT2D eigenvalue weighted by atomic mass is 28.4. The predicted octanol–water partition coefficient (Wildman–Crippen LogP) is 4.53. The summed E-state index contributed by atoms with van der Waals surface area (Å²) in [5.41, 5.74) is 0. The van der Waals surface area contributed by atoms with Crippen molar-refractivity contribution in [3.05, 3.63) is 72.8 Å². The van der Waals surface area contributed by atoms with E-state index in [4.69, 9.17) is 4.43 Å². The summed E-state index contributed by atoms with van der Waals surface area (Å²) in [6.07, 6.45) is 7.72. The first kappa shape index (κ1) is 16.8. The van der Waals surface area contributed by atoms with Crippen LogP contribution in [-0.4, -0.2) is 14.4 Å². The van der Waals surface area contributed by atoms with Gasteiger partial charge in [-0.2, -0.15) is 0 Å². The number of benzene rings is 2. The van der Waals surface area contributed by atoms with Crippen molar-refractivity contribution in [1.29, 1.82) is 0 Å². The molecule has 25 heavy (non-hydrogen) atoms. The van der Waals surface area contributed by atoms with E-state index in [9.17, 15) is 0 Å². The Balaban J connectivity index is 1.87. The zero-order valence-electron chi connectivity index (χ0n) is 15.5. The summed E-state index contributed by atoms with van der Waals surface area (Å²) >= 11 is 0.